The van der Waals surface area contributed by atoms with Crippen molar-refractivity contribution in [1.82, 2.24) is 0 Å². The number of carbonyl (C=O) groups is 1. The number of hydrogen-bond donors (Lipinski definition) is 0. The van der Waals surface area contributed by atoms with E-state index in [9.17, 15) is 26.7 Å². The van der Waals surface area contributed by atoms with E-state index in [1.54, 1.807) is 12.1 Å². The van der Waals surface area contributed by atoms with Crippen LogP contribution in [-0.2, 0) is 11.3 Å². The van der Waals surface area contributed by atoms with Crippen molar-refractivity contribution in [1.29, 1.82) is 0 Å². The van der Waals surface area contributed by atoms with Crippen molar-refractivity contribution in [3.8, 4) is 17.2 Å². The summed E-state index contributed by atoms with van der Waals surface area (Å²) in [6, 6.07) is 3.28. The Morgan fingerprint density at radius 3 is 0.924 bits per heavy atom. The van der Waals surface area contributed by atoms with E-state index in [0.29, 0.717) is 42.6 Å². The third-order valence-corrected chi connectivity index (χ3v) is 12.6. The van der Waals surface area contributed by atoms with Crippen molar-refractivity contribution >= 4 is 5.97 Å². The molecule has 2 aromatic carbocycles. The predicted octanol–water partition coefficient (Wildman–Crippen LogP) is 19.0. The highest BCUT2D eigenvalue weighted by molar-refractivity contribution is 5.90. The van der Waals surface area contributed by atoms with Crippen molar-refractivity contribution in [3.63, 3.8) is 0 Å². The van der Waals surface area contributed by atoms with Crippen molar-refractivity contribution in [2.45, 2.75) is 259 Å². The Bertz CT molecular complexity index is 1440. The summed E-state index contributed by atoms with van der Waals surface area (Å²) >= 11 is 0. The lowest BCUT2D eigenvalue weighted by Gasteiger charge is -2.19. The summed E-state index contributed by atoms with van der Waals surface area (Å²) in [5.41, 5.74) is -1.28. The molecule has 0 aromatic heterocycles. The molecule has 66 heavy (non-hydrogen) atoms. The molecule has 0 saturated heterocycles. The van der Waals surface area contributed by atoms with E-state index in [2.05, 4.69) is 20.8 Å². The highest BCUT2D eigenvalue weighted by Crippen LogP contribution is 2.40. The summed E-state index contributed by atoms with van der Waals surface area (Å²) in [5.74, 6) is -11.7. The van der Waals surface area contributed by atoms with Crippen LogP contribution >= 0.6 is 0 Å². The van der Waals surface area contributed by atoms with Gasteiger partial charge in [-0.15, -0.1) is 0 Å². The zero-order valence-electron chi connectivity index (χ0n) is 41.9. The van der Waals surface area contributed by atoms with Crippen LogP contribution in [0.4, 0.5) is 22.0 Å². The Morgan fingerprint density at radius 2 is 0.621 bits per heavy atom. The van der Waals surface area contributed by atoms with Gasteiger partial charge in [0.15, 0.2) is 34.8 Å². The number of unbranched alkanes of at least 4 members (excludes halogenated alkanes) is 33. The topological polar surface area (TPSA) is 54.0 Å². The first kappa shape index (κ1) is 59.1. The van der Waals surface area contributed by atoms with Crippen LogP contribution in [0, 0.1) is 29.1 Å². The Kier molecular flexibility index (Phi) is 35.7. The smallest absolute Gasteiger partial charge is 0.344 e. The molecule has 0 aliphatic heterocycles. The fourth-order valence-corrected chi connectivity index (χ4v) is 8.44. The minimum absolute atomic E-state index is 0.360. The molecule has 0 radical (unpaired) electrons. The number of carbonyl (C=O) groups excluding carboxylic acids is 1. The fraction of sp³-hybridized carbons (Fsp3) is 0.768. The maximum Gasteiger partial charge on any atom is 0.344 e. The van der Waals surface area contributed by atoms with Gasteiger partial charge < -0.3 is 18.9 Å². The van der Waals surface area contributed by atoms with Gasteiger partial charge in [0.2, 0.25) is 11.6 Å². The molecule has 0 saturated carbocycles. The summed E-state index contributed by atoms with van der Waals surface area (Å²) in [7, 11) is 0. The minimum Gasteiger partial charge on any atom is -0.490 e. The highest BCUT2D eigenvalue weighted by atomic mass is 19.2. The second kappa shape index (κ2) is 39.9. The fourth-order valence-electron chi connectivity index (χ4n) is 8.44. The average Bonchev–Trinajstić information content (AvgIpc) is 3.32. The summed E-state index contributed by atoms with van der Waals surface area (Å²) in [5, 5.41) is 0. The molecule has 0 aliphatic rings. The van der Waals surface area contributed by atoms with Crippen LogP contribution in [0.3, 0.4) is 0 Å². The van der Waals surface area contributed by atoms with Crippen LogP contribution in [-0.4, -0.2) is 25.8 Å². The number of rotatable bonds is 45. The first-order valence-electron chi connectivity index (χ1n) is 27.0. The number of halogens is 5. The number of benzene rings is 2. The molecule has 380 valence electrons. The summed E-state index contributed by atoms with van der Waals surface area (Å²) in [6.45, 7) is 7.49. The molecule has 0 atom stereocenters. The Morgan fingerprint density at radius 1 is 0.364 bits per heavy atom. The largest absolute Gasteiger partial charge is 0.490 e. The molecule has 10 heteroatoms. The van der Waals surface area contributed by atoms with E-state index in [1.165, 1.54) is 173 Å². The van der Waals surface area contributed by atoms with E-state index < -0.39 is 47.2 Å². The third-order valence-electron chi connectivity index (χ3n) is 12.6. The van der Waals surface area contributed by atoms with Gasteiger partial charge in [0.1, 0.15) is 12.2 Å². The van der Waals surface area contributed by atoms with Gasteiger partial charge in [-0.3, -0.25) is 0 Å². The normalized spacial score (nSPS) is 11.4. The van der Waals surface area contributed by atoms with Gasteiger partial charge in [-0.2, -0.15) is 0 Å². The molecule has 0 unspecified atom stereocenters. The summed E-state index contributed by atoms with van der Waals surface area (Å²) in [4.78, 5) is 12.8. The third kappa shape index (κ3) is 26.5. The molecule has 5 nitrogen and oxygen atoms in total. The first-order valence-corrected chi connectivity index (χ1v) is 27.0. The van der Waals surface area contributed by atoms with Gasteiger partial charge in [0.05, 0.1) is 19.8 Å². The quantitative estimate of drug-likeness (QED) is 0.0218. The van der Waals surface area contributed by atoms with Gasteiger partial charge in [-0.1, -0.05) is 233 Å². The van der Waals surface area contributed by atoms with Crippen molar-refractivity contribution in [2.75, 3.05) is 19.8 Å². The van der Waals surface area contributed by atoms with E-state index in [1.807, 2.05) is 0 Å². The molecule has 0 amide bonds. The van der Waals surface area contributed by atoms with Crippen molar-refractivity contribution in [2.24, 2.45) is 0 Å². The average molecular weight is 939 g/mol. The van der Waals surface area contributed by atoms with Crippen molar-refractivity contribution in [3.05, 3.63) is 52.3 Å². The van der Waals surface area contributed by atoms with Crippen LogP contribution in [0.2, 0.25) is 0 Å². The van der Waals surface area contributed by atoms with Gasteiger partial charge in [-0.05, 0) is 37.0 Å². The van der Waals surface area contributed by atoms with Gasteiger partial charge >= 0.3 is 5.97 Å². The predicted molar refractivity (Wildman–Crippen MR) is 262 cm³/mol. The molecular formula is C56H91F5O5. The maximum absolute atomic E-state index is 14.5. The van der Waals surface area contributed by atoms with Crippen LogP contribution in [0.1, 0.15) is 268 Å². The monoisotopic (exact) mass is 939 g/mol. The molecular weight excluding hydrogens is 848 g/mol. The Labute approximate surface area is 398 Å². The van der Waals surface area contributed by atoms with E-state index >= 15 is 0 Å². The van der Waals surface area contributed by atoms with Crippen molar-refractivity contribution < 1.29 is 45.7 Å². The lowest BCUT2D eigenvalue weighted by Crippen LogP contribution is -2.15. The molecule has 0 fully saturated rings. The molecule has 0 spiro atoms. The zero-order chi connectivity index (χ0) is 47.9. The number of ether oxygens (including phenoxy) is 4. The second-order valence-corrected chi connectivity index (χ2v) is 18.7. The zero-order valence-corrected chi connectivity index (χ0v) is 41.9. The van der Waals surface area contributed by atoms with Gasteiger partial charge in [0.25, 0.3) is 0 Å². The lowest BCUT2D eigenvalue weighted by atomic mass is 10.1. The molecule has 2 rings (SSSR count). The second-order valence-electron chi connectivity index (χ2n) is 18.7. The van der Waals surface area contributed by atoms with E-state index in [-0.39, 0.29) is 0 Å². The van der Waals surface area contributed by atoms with Crippen LogP contribution in [0.15, 0.2) is 12.1 Å². The Balaban J connectivity index is 2.10. The van der Waals surface area contributed by atoms with Crippen LogP contribution in [0.25, 0.3) is 0 Å². The summed E-state index contributed by atoms with van der Waals surface area (Å²) in [6.07, 6.45) is 43.7. The maximum atomic E-state index is 14.5. The molecule has 0 N–H and O–H groups in total. The Hall–Kier alpha value is -3.04. The highest BCUT2D eigenvalue weighted by Gasteiger charge is 2.31. The van der Waals surface area contributed by atoms with E-state index in [0.717, 1.165) is 57.8 Å². The summed E-state index contributed by atoms with van der Waals surface area (Å²) < 4.78 is 95.0. The first-order chi connectivity index (χ1) is 32.3. The number of esters is 1. The van der Waals surface area contributed by atoms with E-state index in [4.69, 9.17) is 18.9 Å². The van der Waals surface area contributed by atoms with Crippen LogP contribution < -0.4 is 14.2 Å². The van der Waals surface area contributed by atoms with Crippen LogP contribution in [0.5, 0.6) is 17.2 Å². The standard InChI is InChI=1S/C56H91F5O5/c1-4-7-10-13-16-19-22-25-28-31-34-37-40-63-47-43-46(45-66-56(62)49-50(57)52(59)54(61)53(60)51(49)58)44-48(64-41-38-35-32-29-26-23-20-17-14-11-8-5-2)55(47)65-42-39-36-33-30-27-24-21-18-15-12-9-6-3/h43-44H,4-42,45H2,1-3H3. The molecule has 2 aromatic rings. The minimum atomic E-state index is -2.34. The van der Waals surface area contributed by atoms with Gasteiger partial charge in [0, 0.05) is 0 Å². The number of hydrogen-bond acceptors (Lipinski definition) is 5. The van der Waals surface area contributed by atoms with Gasteiger partial charge in [-0.25, -0.2) is 26.7 Å². The molecule has 0 heterocycles. The lowest BCUT2D eigenvalue weighted by molar-refractivity contribution is 0.0457. The molecule has 0 aliphatic carbocycles. The molecule has 0 bridgehead atoms. The SMILES string of the molecule is CCCCCCCCCCCCCCOc1cc(COC(=O)c2c(F)c(F)c(F)c(F)c2F)cc(OCCCCCCCCCCCCCC)c1OCCCCCCCCCCCCCC.